The highest BCUT2D eigenvalue weighted by molar-refractivity contribution is 7.89. The average Bonchev–Trinajstić information content (AvgIpc) is 3.22. The molecular weight excluding hydrogens is 352 g/mol. The quantitative estimate of drug-likeness (QED) is 0.390. The summed E-state index contributed by atoms with van der Waals surface area (Å²) in [4.78, 5) is 4.55. The summed E-state index contributed by atoms with van der Waals surface area (Å²) in [5.74, 6) is 0.678. The average molecular weight is 381 g/mol. The van der Waals surface area contributed by atoms with E-state index in [9.17, 15) is 8.42 Å². The van der Waals surface area contributed by atoms with E-state index in [1.807, 2.05) is 19.1 Å². The molecule has 3 rings (SSSR count). The van der Waals surface area contributed by atoms with Gasteiger partial charge in [0, 0.05) is 20.1 Å². The monoisotopic (exact) mass is 380 g/mol. The molecule has 26 heavy (non-hydrogen) atoms. The lowest BCUT2D eigenvalue weighted by Crippen LogP contribution is -2.48. The second-order valence-electron chi connectivity index (χ2n) is 7.03. The summed E-state index contributed by atoms with van der Waals surface area (Å²) in [6.45, 7) is 4.42. The fourth-order valence-electron chi connectivity index (χ4n) is 3.60. The molecule has 3 atom stereocenters. The van der Waals surface area contributed by atoms with Crippen molar-refractivity contribution in [2.24, 2.45) is 4.99 Å². The third-order valence-electron chi connectivity index (χ3n) is 4.99. The number of hydrogen-bond donors (Lipinski definition) is 3. The molecule has 0 radical (unpaired) electrons. The third kappa shape index (κ3) is 4.36. The van der Waals surface area contributed by atoms with Crippen molar-refractivity contribution < 1.29 is 13.2 Å². The van der Waals surface area contributed by atoms with E-state index < -0.39 is 10.0 Å². The number of fused-ring (bicyclic) bond motifs is 2. The zero-order chi connectivity index (χ0) is 18.7. The van der Waals surface area contributed by atoms with Gasteiger partial charge < -0.3 is 15.4 Å². The van der Waals surface area contributed by atoms with Gasteiger partial charge in [-0.25, -0.2) is 13.1 Å². The minimum atomic E-state index is -3.52. The summed E-state index contributed by atoms with van der Waals surface area (Å²) in [5.41, 5.74) is 1.66. The van der Waals surface area contributed by atoms with Crippen LogP contribution in [0.15, 0.2) is 28.1 Å². The van der Waals surface area contributed by atoms with Crippen LogP contribution in [-0.2, 0) is 14.8 Å². The van der Waals surface area contributed by atoms with Crippen molar-refractivity contribution in [2.75, 3.05) is 20.1 Å². The van der Waals surface area contributed by atoms with Gasteiger partial charge in [0.05, 0.1) is 23.1 Å². The Labute approximate surface area is 155 Å². The first kappa shape index (κ1) is 19.1. The van der Waals surface area contributed by atoms with Crippen LogP contribution in [0, 0.1) is 13.8 Å². The molecule has 0 spiro atoms. The Morgan fingerprint density at radius 1 is 1.27 bits per heavy atom. The first-order valence-electron chi connectivity index (χ1n) is 9.08. The molecule has 2 aliphatic heterocycles. The fraction of sp³-hybridized carbons (Fsp3) is 0.611. The normalized spacial score (nSPS) is 25.5. The third-order valence-corrected chi connectivity index (χ3v) is 6.60. The van der Waals surface area contributed by atoms with Gasteiger partial charge in [0.2, 0.25) is 10.0 Å². The van der Waals surface area contributed by atoms with Crippen LogP contribution in [0.4, 0.5) is 0 Å². The van der Waals surface area contributed by atoms with E-state index in [0.717, 1.165) is 30.4 Å². The van der Waals surface area contributed by atoms with Crippen LogP contribution in [0.3, 0.4) is 0 Å². The molecule has 0 saturated carbocycles. The Kier molecular flexibility index (Phi) is 5.84. The summed E-state index contributed by atoms with van der Waals surface area (Å²) in [6, 6.07) is 5.71. The highest BCUT2D eigenvalue weighted by Crippen LogP contribution is 2.34. The summed E-state index contributed by atoms with van der Waals surface area (Å²) in [7, 11) is -1.81. The van der Waals surface area contributed by atoms with Gasteiger partial charge in [-0.2, -0.15) is 0 Å². The van der Waals surface area contributed by atoms with E-state index in [1.165, 1.54) is 0 Å². The Morgan fingerprint density at radius 2 is 2.08 bits per heavy atom. The van der Waals surface area contributed by atoms with Gasteiger partial charge in [-0.3, -0.25) is 4.99 Å². The number of hydrogen-bond acceptors (Lipinski definition) is 4. The number of aryl methyl sites for hydroxylation is 2. The van der Waals surface area contributed by atoms with Crippen LogP contribution in [-0.4, -0.2) is 52.8 Å². The van der Waals surface area contributed by atoms with E-state index in [0.29, 0.717) is 23.5 Å². The summed E-state index contributed by atoms with van der Waals surface area (Å²) >= 11 is 0. The predicted molar refractivity (Wildman–Crippen MR) is 102 cm³/mol. The fourth-order valence-corrected chi connectivity index (χ4v) is 4.96. The summed E-state index contributed by atoms with van der Waals surface area (Å²) in [6.07, 6.45) is 3.88. The van der Waals surface area contributed by atoms with Crippen LogP contribution in [0.25, 0.3) is 0 Å². The largest absolute Gasteiger partial charge is 0.373 e. The zero-order valence-electron chi connectivity index (χ0n) is 15.6. The molecule has 1 aromatic rings. The smallest absolute Gasteiger partial charge is 0.240 e. The van der Waals surface area contributed by atoms with Gasteiger partial charge in [0.25, 0.3) is 0 Å². The first-order valence-corrected chi connectivity index (χ1v) is 10.6. The molecule has 8 heteroatoms. The highest BCUT2D eigenvalue weighted by Gasteiger charge is 2.41. The van der Waals surface area contributed by atoms with E-state index in [-0.39, 0.29) is 18.7 Å². The minimum absolute atomic E-state index is 0.265. The van der Waals surface area contributed by atoms with E-state index in [1.54, 1.807) is 20.0 Å². The van der Waals surface area contributed by atoms with Gasteiger partial charge in [-0.15, -0.1) is 0 Å². The lowest BCUT2D eigenvalue weighted by molar-refractivity contribution is 0.0992. The van der Waals surface area contributed by atoms with Crippen LogP contribution in [0.1, 0.15) is 30.4 Å². The molecule has 2 heterocycles. The molecular formula is C18H28N4O3S. The maximum Gasteiger partial charge on any atom is 0.240 e. The van der Waals surface area contributed by atoms with Crippen molar-refractivity contribution in [2.45, 2.75) is 56.3 Å². The molecule has 144 valence electrons. The predicted octanol–water partition coefficient (Wildman–Crippen LogP) is 1.07. The SMILES string of the molecule is CN=C(NCCNS(=O)(=O)c1cc(C)ccc1C)NC1CC2CCC1O2. The topological polar surface area (TPSA) is 91.8 Å². The van der Waals surface area contributed by atoms with E-state index >= 15 is 0 Å². The minimum Gasteiger partial charge on any atom is -0.373 e. The molecule has 2 bridgehead atoms. The Balaban J connectivity index is 1.47. The number of nitrogens with zero attached hydrogens (tertiary/aromatic N) is 1. The summed E-state index contributed by atoms with van der Waals surface area (Å²) < 4.78 is 33.4. The van der Waals surface area contributed by atoms with Crippen molar-refractivity contribution in [3.8, 4) is 0 Å². The molecule has 0 aliphatic carbocycles. The van der Waals surface area contributed by atoms with Gasteiger partial charge in [-0.05, 0) is 50.3 Å². The Morgan fingerprint density at radius 3 is 2.73 bits per heavy atom. The molecule has 3 N–H and O–H groups in total. The molecule has 3 unspecified atom stereocenters. The second-order valence-corrected chi connectivity index (χ2v) is 8.76. The van der Waals surface area contributed by atoms with Crippen LogP contribution >= 0.6 is 0 Å². The molecule has 0 aromatic heterocycles. The number of guanidine groups is 1. The van der Waals surface area contributed by atoms with Gasteiger partial charge in [0.1, 0.15) is 0 Å². The van der Waals surface area contributed by atoms with Gasteiger partial charge in [-0.1, -0.05) is 12.1 Å². The van der Waals surface area contributed by atoms with Crippen LogP contribution in [0.5, 0.6) is 0 Å². The molecule has 0 amide bonds. The number of sulfonamides is 1. The lowest BCUT2D eigenvalue weighted by Gasteiger charge is -2.22. The van der Waals surface area contributed by atoms with Gasteiger partial charge >= 0.3 is 0 Å². The van der Waals surface area contributed by atoms with Crippen LogP contribution < -0.4 is 15.4 Å². The zero-order valence-corrected chi connectivity index (χ0v) is 16.4. The number of rotatable bonds is 6. The maximum absolute atomic E-state index is 12.5. The Bertz CT molecular complexity index is 779. The molecule has 1 aromatic carbocycles. The van der Waals surface area contributed by atoms with Gasteiger partial charge in [0.15, 0.2) is 5.96 Å². The van der Waals surface area contributed by atoms with Crippen molar-refractivity contribution in [3.05, 3.63) is 29.3 Å². The standard InChI is InChI=1S/C18H28N4O3S/c1-12-4-5-13(2)17(10-12)26(23,24)21-9-8-20-18(19-3)22-15-11-14-6-7-16(15)25-14/h4-5,10,14-16,21H,6-9,11H2,1-3H3,(H2,19,20,22). The van der Waals surface area contributed by atoms with Crippen molar-refractivity contribution in [1.29, 1.82) is 0 Å². The van der Waals surface area contributed by atoms with Crippen molar-refractivity contribution in [1.82, 2.24) is 15.4 Å². The Hall–Kier alpha value is -1.64. The lowest BCUT2D eigenvalue weighted by atomic mass is 9.96. The molecule has 7 nitrogen and oxygen atoms in total. The molecule has 2 saturated heterocycles. The van der Waals surface area contributed by atoms with Crippen molar-refractivity contribution in [3.63, 3.8) is 0 Å². The molecule has 2 aliphatic rings. The number of benzene rings is 1. The molecule has 2 fully saturated rings. The first-order chi connectivity index (χ1) is 12.4. The highest BCUT2D eigenvalue weighted by atomic mass is 32.2. The van der Waals surface area contributed by atoms with E-state index in [4.69, 9.17) is 4.74 Å². The van der Waals surface area contributed by atoms with Crippen molar-refractivity contribution >= 4 is 16.0 Å². The number of aliphatic imine (C=N–C) groups is 1. The van der Waals surface area contributed by atoms with Crippen LogP contribution in [0.2, 0.25) is 0 Å². The summed E-state index contributed by atoms with van der Waals surface area (Å²) in [5, 5.41) is 6.54. The van der Waals surface area contributed by atoms with E-state index in [2.05, 4.69) is 20.3 Å². The number of nitrogens with one attached hydrogen (secondary N) is 3. The number of ether oxygens (including phenoxy) is 1. The maximum atomic E-state index is 12.5. The second kappa shape index (κ2) is 7.94.